The summed E-state index contributed by atoms with van der Waals surface area (Å²) in [4.78, 5) is 13.6. The number of halogens is 1. The van der Waals surface area contributed by atoms with Crippen LogP contribution in [-0.4, -0.2) is 59.2 Å². The SMILES string of the molecule is CCN(CC)C(=O)COc1ccc(S(=O)(=O)NCCOC)cc1Cl. The van der Waals surface area contributed by atoms with Crippen LogP contribution in [0.1, 0.15) is 13.8 Å². The second kappa shape index (κ2) is 9.83. The summed E-state index contributed by atoms with van der Waals surface area (Å²) in [6.07, 6.45) is 0. The van der Waals surface area contributed by atoms with Crippen molar-refractivity contribution in [2.75, 3.05) is 40.0 Å². The molecule has 24 heavy (non-hydrogen) atoms. The normalized spacial score (nSPS) is 11.3. The van der Waals surface area contributed by atoms with Gasteiger partial charge in [0.25, 0.3) is 5.91 Å². The van der Waals surface area contributed by atoms with E-state index in [2.05, 4.69) is 4.72 Å². The fraction of sp³-hybridized carbons (Fsp3) is 0.533. The molecule has 136 valence electrons. The van der Waals surface area contributed by atoms with Crippen molar-refractivity contribution in [3.63, 3.8) is 0 Å². The van der Waals surface area contributed by atoms with Crippen molar-refractivity contribution in [1.82, 2.24) is 9.62 Å². The average Bonchev–Trinajstić information content (AvgIpc) is 2.55. The van der Waals surface area contributed by atoms with Gasteiger partial charge in [-0.15, -0.1) is 0 Å². The van der Waals surface area contributed by atoms with Crippen molar-refractivity contribution in [3.8, 4) is 5.75 Å². The highest BCUT2D eigenvalue weighted by Gasteiger charge is 2.17. The van der Waals surface area contributed by atoms with Crippen molar-refractivity contribution in [3.05, 3.63) is 23.2 Å². The number of carbonyl (C=O) groups excluding carboxylic acids is 1. The molecule has 1 amide bonds. The van der Waals surface area contributed by atoms with Gasteiger partial charge < -0.3 is 14.4 Å². The van der Waals surface area contributed by atoms with Gasteiger partial charge >= 0.3 is 0 Å². The van der Waals surface area contributed by atoms with Crippen LogP contribution in [0.3, 0.4) is 0 Å². The molecule has 0 saturated heterocycles. The molecule has 0 atom stereocenters. The summed E-state index contributed by atoms with van der Waals surface area (Å²) < 4.78 is 36.7. The maximum atomic E-state index is 12.1. The standard InChI is InChI=1S/C15H23ClN2O5S/c1-4-18(5-2)15(19)11-23-14-7-6-12(10-13(14)16)24(20,21)17-8-9-22-3/h6-7,10,17H,4-5,8-9,11H2,1-3H3. The van der Waals surface area contributed by atoms with Crippen LogP contribution in [0.25, 0.3) is 0 Å². The van der Waals surface area contributed by atoms with Crippen LogP contribution in [0.5, 0.6) is 5.75 Å². The van der Waals surface area contributed by atoms with Crippen molar-refractivity contribution in [2.45, 2.75) is 18.7 Å². The molecule has 0 aliphatic heterocycles. The molecule has 0 heterocycles. The molecule has 0 aliphatic rings. The highest BCUT2D eigenvalue weighted by atomic mass is 35.5. The van der Waals surface area contributed by atoms with Gasteiger partial charge in [0.2, 0.25) is 10.0 Å². The Morgan fingerprint density at radius 1 is 1.29 bits per heavy atom. The first-order valence-electron chi connectivity index (χ1n) is 7.54. The molecular formula is C15H23ClN2O5S. The number of methoxy groups -OCH3 is 1. The molecule has 7 nitrogen and oxygen atoms in total. The third kappa shape index (κ3) is 5.94. The molecule has 9 heteroatoms. The minimum Gasteiger partial charge on any atom is -0.482 e. The van der Waals surface area contributed by atoms with E-state index in [1.165, 1.54) is 25.3 Å². The predicted octanol–water partition coefficient (Wildman–Crippen LogP) is 1.51. The van der Waals surface area contributed by atoms with Crippen LogP contribution in [-0.2, 0) is 19.6 Å². The lowest BCUT2D eigenvalue weighted by atomic mass is 10.3. The Kier molecular flexibility index (Phi) is 8.47. The quantitative estimate of drug-likeness (QED) is 0.624. The van der Waals surface area contributed by atoms with Crippen molar-refractivity contribution >= 4 is 27.5 Å². The zero-order valence-corrected chi connectivity index (χ0v) is 15.6. The number of nitrogens with zero attached hydrogens (tertiary/aromatic N) is 1. The molecular weight excluding hydrogens is 356 g/mol. The zero-order valence-electron chi connectivity index (χ0n) is 14.0. The first kappa shape index (κ1) is 20.7. The Morgan fingerprint density at radius 3 is 2.50 bits per heavy atom. The van der Waals surface area contributed by atoms with Crippen LogP contribution < -0.4 is 9.46 Å². The van der Waals surface area contributed by atoms with Crippen LogP contribution in [0, 0.1) is 0 Å². The van der Waals surface area contributed by atoms with Gasteiger partial charge in [0.05, 0.1) is 16.5 Å². The third-order valence-corrected chi connectivity index (χ3v) is 5.03. The summed E-state index contributed by atoms with van der Waals surface area (Å²) in [5.74, 6) is 0.0991. The Hall–Kier alpha value is -1.35. The molecule has 1 aromatic carbocycles. The summed E-state index contributed by atoms with van der Waals surface area (Å²) >= 11 is 6.06. The lowest BCUT2D eigenvalue weighted by Gasteiger charge is -2.19. The van der Waals surface area contributed by atoms with Crippen molar-refractivity contribution in [2.24, 2.45) is 0 Å². The van der Waals surface area contributed by atoms with E-state index >= 15 is 0 Å². The molecule has 0 fully saturated rings. The number of carbonyl (C=O) groups is 1. The van der Waals surface area contributed by atoms with Crippen molar-refractivity contribution in [1.29, 1.82) is 0 Å². The Labute approximate surface area is 147 Å². The lowest BCUT2D eigenvalue weighted by Crippen LogP contribution is -2.34. The molecule has 0 bridgehead atoms. The van der Waals surface area contributed by atoms with Gasteiger partial charge in [0.15, 0.2) is 6.61 Å². The summed E-state index contributed by atoms with van der Waals surface area (Å²) in [7, 11) is -2.19. The number of sulfonamides is 1. The fourth-order valence-electron chi connectivity index (χ4n) is 1.93. The number of nitrogens with one attached hydrogen (secondary N) is 1. The number of hydrogen-bond donors (Lipinski definition) is 1. The maximum absolute atomic E-state index is 12.1. The fourth-order valence-corrected chi connectivity index (χ4v) is 3.27. The lowest BCUT2D eigenvalue weighted by molar-refractivity contribution is -0.132. The third-order valence-electron chi connectivity index (χ3n) is 3.28. The van der Waals surface area contributed by atoms with Crippen molar-refractivity contribution < 1.29 is 22.7 Å². The van der Waals surface area contributed by atoms with E-state index in [9.17, 15) is 13.2 Å². The van der Waals surface area contributed by atoms with Gasteiger partial charge in [0, 0.05) is 26.7 Å². The number of amides is 1. The number of likely N-dealkylation sites (N-methyl/N-ethyl adjacent to an activating group) is 1. The minimum absolute atomic E-state index is 0.0195. The minimum atomic E-state index is -3.67. The highest BCUT2D eigenvalue weighted by molar-refractivity contribution is 7.89. The Bertz CT molecular complexity index is 647. The largest absolute Gasteiger partial charge is 0.482 e. The molecule has 0 unspecified atom stereocenters. The zero-order chi connectivity index (χ0) is 18.2. The number of ether oxygens (including phenoxy) is 2. The summed E-state index contributed by atoms with van der Waals surface area (Å²) in [6.45, 7) is 5.22. The van der Waals surface area contributed by atoms with E-state index in [4.69, 9.17) is 21.1 Å². The summed E-state index contributed by atoms with van der Waals surface area (Å²) in [5.41, 5.74) is 0. The molecule has 1 N–H and O–H groups in total. The molecule has 0 radical (unpaired) electrons. The van der Waals surface area contributed by atoms with E-state index in [0.717, 1.165) is 0 Å². The van der Waals surface area contributed by atoms with Gasteiger partial charge in [-0.05, 0) is 32.0 Å². The molecule has 1 aromatic rings. The first-order valence-corrected chi connectivity index (χ1v) is 9.40. The average molecular weight is 379 g/mol. The first-order chi connectivity index (χ1) is 11.4. The van der Waals surface area contributed by atoms with Gasteiger partial charge in [-0.1, -0.05) is 11.6 Å². The van der Waals surface area contributed by atoms with E-state index in [1.54, 1.807) is 4.90 Å². The highest BCUT2D eigenvalue weighted by Crippen LogP contribution is 2.27. The number of rotatable bonds is 10. The molecule has 0 spiro atoms. The second-order valence-electron chi connectivity index (χ2n) is 4.84. The monoisotopic (exact) mass is 378 g/mol. The van der Waals surface area contributed by atoms with Crippen LogP contribution in [0.4, 0.5) is 0 Å². The van der Waals surface area contributed by atoms with Crippen LogP contribution >= 0.6 is 11.6 Å². The predicted molar refractivity (Wildman–Crippen MR) is 91.9 cm³/mol. The molecule has 0 aromatic heterocycles. The van der Waals surface area contributed by atoms with Gasteiger partial charge in [-0.25, -0.2) is 13.1 Å². The van der Waals surface area contributed by atoms with Gasteiger partial charge in [0.1, 0.15) is 5.75 Å². The number of benzene rings is 1. The molecule has 1 rings (SSSR count). The Morgan fingerprint density at radius 2 is 1.96 bits per heavy atom. The molecule has 0 aliphatic carbocycles. The molecule has 0 saturated carbocycles. The van der Waals surface area contributed by atoms with Gasteiger partial charge in [-0.3, -0.25) is 4.79 Å². The van der Waals surface area contributed by atoms with E-state index in [-0.39, 0.29) is 41.3 Å². The summed E-state index contributed by atoms with van der Waals surface area (Å²) in [6, 6.07) is 4.09. The summed E-state index contributed by atoms with van der Waals surface area (Å²) in [5, 5.41) is 0.122. The number of hydrogen-bond acceptors (Lipinski definition) is 5. The van der Waals surface area contributed by atoms with Gasteiger partial charge in [-0.2, -0.15) is 0 Å². The van der Waals surface area contributed by atoms with E-state index in [1.807, 2.05) is 13.8 Å². The smallest absolute Gasteiger partial charge is 0.260 e. The van der Waals surface area contributed by atoms with E-state index in [0.29, 0.717) is 13.1 Å². The van der Waals surface area contributed by atoms with Crippen LogP contribution in [0.2, 0.25) is 5.02 Å². The maximum Gasteiger partial charge on any atom is 0.260 e. The van der Waals surface area contributed by atoms with E-state index < -0.39 is 10.0 Å². The van der Waals surface area contributed by atoms with Crippen LogP contribution in [0.15, 0.2) is 23.1 Å². The topological polar surface area (TPSA) is 84.9 Å². The Balaban J connectivity index is 2.76. The second-order valence-corrected chi connectivity index (χ2v) is 7.01.